The number of rotatable bonds is 4. The maximum atomic E-state index is 5.15. The second-order valence-corrected chi connectivity index (χ2v) is 12.9. The highest BCUT2D eigenvalue weighted by Crippen LogP contribution is 2.49. The molecule has 0 N–H and O–H groups in total. The molecule has 47 heavy (non-hydrogen) atoms. The van der Waals surface area contributed by atoms with E-state index in [-0.39, 0.29) is 5.41 Å². The molecule has 0 unspecified atom stereocenters. The fourth-order valence-electron chi connectivity index (χ4n) is 7.32. The molecule has 1 aliphatic rings. The first-order valence-electron chi connectivity index (χ1n) is 16.1. The van der Waals surface area contributed by atoms with Crippen LogP contribution in [0.25, 0.3) is 78.0 Å². The number of hydrogen-bond donors (Lipinski definition) is 0. The predicted octanol–water partition coefficient (Wildman–Crippen LogP) is 11.2. The van der Waals surface area contributed by atoms with E-state index in [9.17, 15) is 0 Å². The van der Waals surface area contributed by atoms with Gasteiger partial charge in [0.15, 0.2) is 17.5 Å². The molecule has 0 bridgehead atoms. The molecule has 1 heterocycles. The summed E-state index contributed by atoms with van der Waals surface area (Å²) in [5.74, 6) is 1.98. The van der Waals surface area contributed by atoms with Crippen LogP contribution in [0.4, 0.5) is 0 Å². The number of aromatic nitrogens is 3. The minimum Gasteiger partial charge on any atom is -0.208 e. The van der Waals surface area contributed by atoms with E-state index in [1.165, 1.54) is 27.8 Å². The lowest BCUT2D eigenvalue weighted by molar-refractivity contribution is 0.660. The van der Waals surface area contributed by atoms with E-state index in [1.54, 1.807) is 0 Å². The topological polar surface area (TPSA) is 38.7 Å². The van der Waals surface area contributed by atoms with Crippen molar-refractivity contribution in [1.29, 1.82) is 0 Å². The minimum absolute atomic E-state index is 0.0206. The Hall–Kier alpha value is -5.93. The van der Waals surface area contributed by atoms with Crippen molar-refractivity contribution in [2.45, 2.75) is 19.3 Å². The largest absolute Gasteiger partial charge is 0.208 e. The van der Waals surface area contributed by atoms with Gasteiger partial charge in [-0.15, -0.1) is 0 Å². The van der Waals surface area contributed by atoms with Crippen molar-refractivity contribution in [3.8, 4) is 56.4 Å². The average Bonchev–Trinajstić information content (AvgIpc) is 3.36. The first kappa shape index (κ1) is 27.4. The Bertz CT molecular complexity index is 2400. The van der Waals surface area contributed by atoms with Crippen LogP contribution in [0.15, 0.2) is 152 Å². The van der Waals surface area contributed by atoms with Gasteiger partial charge < -0.3 is 0 Å². The summed E-state index contributed by atoms with van der Waals surface area (Å²) in [4.78, 5) is 15.4. The van der Waals surface area contributed by atoms with Crippen LogP contribution in [0.3, 0.4) is 0 Å². The van der Waals surface area contributed by atoms with E-state index in [4.69, 9.17) is 15.0 Å². The van der Waals surface area contributed by atoms with Crippen molar-refractivity contribution in [1.82, 2.24) is 15.0 Å². The Labute approximate surface area is 274 Å². The van der Waals surface area contributed by atoms with Crippen molar-refractivity contribution in [2.75, 3.05) is 0 Å². The van der Waals surface area contributed by atoms with Crippen LogP contribution in [0, 0.1) is 0 Å². The molecule has 0 amide bonds. The summed E-state index contributed by atoms with van der Waals surface area (Å²) in [5, 5.41) is 4.54. The van der Waals surface area contributed by atoms with Crippen LogP contribution in [0.5, 0.6) is 0 Å². The smallest absolute Gasteiger partial charge is 0.164 e. The molecule has 0 saturated heterocycles. The van der Waals surface area contributed by atoms with Crippen molar-refractivity contribution < 1.29 is 0 Å². The maximum absolute atomic E-state index is 5.15. The molecule has 0 spiro atoms. The Morgan fingerprint density at radius 2 is 0.851 bits per heavy atom. The number of hydrogen-bond acceptors (Lipinski definition) is 3. The Morgan fingerprint density at radius 1 is 0.362 bits per heavy atom. The van der Waals surface area contributed by atoms with Gasteiger partial charge in [0, 0.05) is 22.1 Å². The minimum atomic E-state index is -0.0206. The molecule has 8 aromatic rings. The third kappa shape index (κ3) is 4.46. The van der Waals surface area contributed by atoms with Crippen molar-refractivity contribution >= 4 is 21.5 Å². The molecule has 0 atom stereocenters. The van der Waals surface area contributed by atoms with E-state index >= 15 is 0 Å². The molecular formula is C44H31N3. The number of fused-ring (bicyclic) bond motifs is 5. The van der Waals surface area contributed by atoms with E-state index in [0.717, 1.165) is 43.8 Å². The van der Waals surface area contributed by atoms with Crippen molar-refractivity contribution in [3.63, 3.8) is 0 Å². The van der Waals surface area contributed by atoms with Crippen LogP contribution in [-0.2, 0) is 5.41 Å². The van der Waals surface area contributed by atoms with E-state index in [0.29, 0.717) is 17.5 Å². The Balaban J connectivity index is 1.22. The third-order valence-electron chi connectivity index (χ3n) is 9.73. The van der Waals surface area contributed by atoms with E-state index < -0.39 is 0 Å². The second kappa shape index (κ2) is 10.6. The molecule has 222 valence electrons. The fraction of sp³-hybridized carbons (Fsp3) is 0.0682. The fourth-order valence-corrected chi connectivity index (χ4v) is 7.32. The lowest BCUT2D eigenvalue weighted by atomic mass is 9.82. The number of nitrogens with zero attached hydrogens (tertiary/aromatic N) is 3. The summed E-state index contributed by atoms with van der Waals surface area (Å²) in [6.07, 6.45) is 0. The van der Waals surface area contributed by atoms with Crippen LogP contribution >= 0.6 is 0 Å². The van der Waals surface area contributed by atoms with Gasteiger partial charge in [0.05, 0.1) is 0 Å². The zero-order chi connectivity index (χ0) is 31.5. The molecule has 0 fully saturated rings. The number of benzene rings is 7. The summed E-state index contributed by atoms with van der Waals surface area (Å²) in [7, 11) is 0. The van der Waals surface area contributed by atoms with Crippen LogP contribution in [0.2, 0.25) is 0 Å². The predicted molar refractivity (Wildman–Crippen MR) is 194 cm³/mol. The van der Waals surface area contributed by atoms with Gasteiger partial charge >= 0.3 is 0 Å². The van der Waals surface area contributed by atoms with Gasteiger partial charge in [-0.25, -0.2) is 15.0 Å². The first-order valence-corrected chi connectivity index (χ1v) is 16.1. The van der Waals surface area contributed by atoms with Crippen LogP contribution < -0.4 is 0 Å². The lowest BCUT2D eigenvalue weighted by Crippen LogP contribution is -2.14. The Kier molecular flexibility index (Phi) is 6.16. The lowest BCUT2D eigenvalue weighted by Gasteiger charge is -2.21. The van der Waals surface area contributed by atoms with Crippen LogP contribution in [0.1, 0.15) is 25.0 Å². The molecule has 0 aliphatic heterocycles. The molecular weight excluding hydrogens is 571 g/mol. The molecule has 3 nitrogen and oxygen atoms in total. The van der Waals surface area contributed by atoms with Gasteiger partial charge in [-0.3, -0.25) is 0 Å². The molecule has 1 aromatic heterocycles. The highest BCUT2D eigenvalue weighted by molar-refractivity contribution is 5.97. The Morgan fingerprint density at radius 3 is 1.55 bits per heavy atom. The van der Waals surface area contributed by atoms with E-state index in [1.807, 2.05) is 0 Å². The summed E-state index contributed by atoms with van der Waals surface area (Å²) in [5.41, 5.74) is 10.6. The quantitative estimate of drug-likeness (QED) is 0.201. The third-order valence-corrected chi connectivity index (χ3v) is 9.73. The van der Waals surface area contributed by atoms with Gasteiger partial charge in [-0.1, -0.05) is 153 Å². The maximum Gasteiger partial charge on any atom is 0.164 e. The second-order valence-electron chi connectivity index (χ2n) is 12.9. The van der Waals surface area contributed by atoms with Gasteiger partial charge in [-0.2, -0.15) is 0 Å². The normalized spacial score (nSPS) is 13.1. The first-order chi connectivity index (χ1) is 23.0. The summed E-state index contributed by atoms with van der Waals surface area (Å²) >= 11 is 0. The van der Waals surface area contributed by atoms with Gasteiger partial charge in [0.25, 0.3) is 0 Å². The standard InChI is InChI=1S/C44H31N3/c1-44(2)39-23-8-7-20-35(39)38-27-31(24-25-40(38)44)30-16-9-17-32(26-30)41-45-42(36-21-10-14-28-12-3-5-18-33(28)36)47-43(46-41)37-22-11-15-29-13-4-6-19-34(29)37/h3-27H,1-2H3. The summed E-state index contributed by atoms with van der Waals surface area (Å²) < 4.78 is 0. The molecule has 0 saturated carbocycles. The monoisotopic (exact) mass is 601 g/mol. The van der Waals surface area contributed by atoms with Crippen LogP contribution in [-0.4, -0.2) is 15.0 Å². The van der Waals surface area contributed by atoms with Gasteiger partial charge in [-0.05, 0) is 67.1 Å². The molecule has 3 heteroatoms. The zero-order valence-electron chi connectivity index (χ0n) is 26.3. The summed E-state index contributed by atoms with van der Waals surface area (Å²) in [6.45, 7) is 4.64. The zero-order valence-corrected chi connectivity index (χ0v) is 26.3. The van der Waals surface area contributed by atoms with Gasteiger partial charge in [0.2, 0.25) is 0 Å². The van der Waals surface area contributed by atoms with Crippen molar-refractivity contribution in [2.24, 2.45) is 0 Å². The molecule has 0 radical (unpaired) electrons. The molecule has 1 aliphatic carbocycles. The highest BCUT2D eigenvalue weighted by Gasteiger charge is 2.35. The summed E-state index contributed by atoms with van der Waals surface area (Å²) in [6, 6.07) is 53.7. The van der Waals surface area contributed by atoms with Crippen molar-refractivity contribution in [3.05, 3.63) is 163 Å². The molecule has 7 aromatic carbocycles. The molecule has 9 rings (SSSR count). The average molecular weight is 602 g/mol. The SMILES string of the molecule is CC1(C)c2ccccc2-c2cc(-c3cccc(-c4nc(-c5cccc6ccccc56)nc(-c5cccc6ccccc56)n4)c3)ccc21. The highest BCUT2D eigenvalue weighted by atomic mass is 15.0. The van der Waals surface area contributed by atoms with Gasteiger partial charge in [0.1, 0.15) is 0 Å². The van der Waals surface area contributed by atoms with E-state index in [2.05, 4.69) is 166 Å².